The summed E-state index contributed by atoms with van der Waals surface area (Å²) >= 11 is 5.83. The molecule has 1 rings (SSSR count). The van der Waals surface area contributed by atoms with Gasteiger partial charge in [0.2, 0.25) is 0 Å². The molecular formula is C16H24ClN3O. The Morgan fingerprint density at radius 3 is 2.00 bits per heavy atom. The summed E-state index contributed by atoms with van der Waals surface area (Å²) in [4.78, 5) is 16.8. The lowest BCUT2D eigenvalue weighted by atomic mass is 10.1. The second-order valence-corrected chi connectivity index (χ2v) is 7.40. The predicted octanol–water partition coefficient (Wildman–Crippen LogP) is 3.61. The van der Waals surface area contributed by atoms with Crippen molar-refractivity contribution in [3.63, 3.8) is 0 Å². The van der Waals surface area contributed by atoms with Gasteiger partial charge in [0.1, 0.15) is 0 Å². The van der Waals surface area contributed by atoms with Crippen molar-refractivity contribution in [1.82, 2.24) is 10.6 Å². The van der Waals surface area contributed by atoms with Crippen molar-refractivity contribution < 1.29 is 4.79 Å². The Hall–Kier alpha value is -1.55. The van der Waals surface area contributed by atoms with Crippen LogP contribution in [0.2, 0.25) is 5.02 Å². The van der Waals surface area contributed by atoms with Gasteiger partial charge in [0.15, 0.2) is 5.96 Å². The van der Waals surface area contributed by atoms with Crippen LogP contribution in [0.3, 0.4) is 0 Å². The van der Waals surface area contributed by atoms with Crippen molar-refractivity contribution in [2.24, 2.45) is 4.99 Å². The molecule has 0 aliphatic heterocycles. The number of halogens is 1. The second kappa shape index (κ2) is 6.48. The van der Waals surface area contributed by atoms with Gasteiger partial charge in [-0.2, -0.15) is 0 Å². The van der Waals surface area contributed by atoms with Crippen LogP contribution < -0.4 is 10.6 Å². The maximum absolute atomic E-state index is 12.3. The van der Waals surface area contributed by atoms with Gasteiger partial charge in [-0.05, 0) is 65.8 Å². The Bertz CT molecular complexity index is 522. The van der Waals surface area contributed by atoms with Crippen molar-refractivity contribution >= 4 is 23.5 Å². The van der Waals surface area contributed by atoms with Gasteiger partial charge in [-0.1, -0.05) is 11.6 Å². The molecule has 0 aliphatic rings. The Labute approximate surface area is 132 Å². The summed E-state index contributed by atoms with van der Waals surface area (Å²) in [6.45, 7) is 12.0. The van der Waals surface area contributed by atoms with Crippen LogP contribution in [0, 0.1) is 0 Å². The second-order valence-electron chi connectivity index (χ2n) is 6.97. The molecule has 1 aromatic carbocycles. The molecule has 0 saturated heterocycles. The molecule has 0 unspecified atom stereocenters. The summed E-state index contributed by atoms with van der Waals surface area (Å²) in [6, 6.07) is 6.75. The molecule has 0 aromatic heterocycles. The highest BCUT2D eigenvalue weighted by molar-refractivity contribution is 6.30. The quantitative estimate of drug-likeness (QED) is 0.615. The summed E-state index contributed by atoms with van der Waals surface area (Å²) in [5.74, 6) is 0.251. The number of nitrogens with one attached hydrogen (secondary N) is 2. The van der Waals surface area contributed by atoms with E-state index in [1.54, 1.807) is 24.3 Å². The van der Waals surface area contributed by atoms with Gasteiger partial charge in [-0.25, -0.2) is 4.99 Å². The van der Waals surface area contributed by atoms with E-state index in [0.29, 0.717) is 16.5 Å². The fraction of sp³-hybridized carbons (Fsp3) is 0.500. The van der Waals surface area contributed by atoms with Crippen LogP contribution in [0.5, 0.6) is 0 Å². The number of carbonyl (C=O) groups is 1. The number of guanidine groups is 1. The molecule has 0 radical (unpaired) electrons. The van der Waals surface area contributed by atoms with Crippen molar-refractivity contribution in [2.75, 3.05) is 0 Å². The molecule has 116 valence electrons. The highest BCUT2D eigenvalue weighted by Crippen LogP contribution is 2.10. The normalized spacial score (nSPS) is 13.0. The maximum atomic E-state index is 12.3. The van der Waals surface area contributed by atoms with Gasteiger partial charge in [0, 0.05) is 16.1 Å². The van der Waals surface area contributed by atoms with E-state index in [9.17, 15) is 4.79 Å². The van der Waals surface area contributed by atoms with Gasteiger partial charge in [-0.15, -0.1) is 0 Å². The highest BCUT2D eigenvalue weighted by atomic mass is 35.5. The maximum Gasteiger partial charge on any atom is 0.257 e. The van der Waals surface area contributed by atoms with E-state index in [0.717, 1.165) is 0 Å². The van der Waals surface area contributed by atoms with Crippen molar-refractivity contribution in [1.29, 1.82) is 0 Å². The fourth-order valence-electron chi connectivity index (χ4n) is 1.56. The largest absolute Gasteiger partial charge is 0.351 e. The number of hydrogen-bond acceptors (Lipinski definition) is 2. The van der Waals surface area contributed by atoms with Crippen molar-refractivity contribution in [3.05, 3.63) is 34.9 Å². The van der Waals surface area contributed by atoms with Crippen LogP contribution in [-0.2, 0) is 0 Å². The molecule has 0 heterocycles. The number of carbonyl (C=O) groups excluding carboxylic acids is 1. The fourth-order valence-corrected chi connectivity index (χ4v) is 1.68. The Kier molecular flexibility index (Phi) is 5.40. The predicted molar refractivity (Wildman–Crippen MR) is 89.0 cm³/mol. The molecule has 0 spiro atoms. The van der Waals surface area contributed by atoms with E-state index in [-0.39, 0.29) is 17.0 Å². The summed E-state index contributed by atoms with van der Waals surface area (Å²) in [6.07, 6.45) is 0. The lowest BCUT2D eigenvalue weighted by Crippen LogP contribution is -2.50. The monoisotopic (exact) mass is 309 g/mol. The molecule has 0 saturated carbocycles. The lowest BCUT2D eigenvalue weighted by Gasteiger charge is -2.26. The topological polar surface area (TPSA) is 53.5 Å². The van der Waals surface area contributed by atoms with E-state index in [1.165, 1.54) is 0 Å². The minimum Gasteiger partial charge on any atom is -0.351 e. The summed E-state index contributed by atoms with van der Waals surface area (Å²) in [7, 11) is 0. The third-order valence-corrected chi connectivity index (χ3v) is 2.53. The van der Waals surface area contributed by atoms with E-state index in [2.05, 4.69) is 15.6 Å². The van der Waals surface area contributed by atoms with E-state index in [4.69, 9.17) is 11.6 Å². The Balaban J connectivity index is 2.93. The van der Waals surface area contributed by atoms with Gasteiger partial charge in [0.25, 0.3) is 5.91 Å². The van der Waals surface area contributed by atoms with Crippen LogP contribution in [0.1, 0.15) is 51.9 Å². The number of benzene rings is 1. The van der Waals surface area contributed by atoms with Crippen LogP contribution in [0.4, 0.5) is 0 Å². The zero-order valence-corrected chi connectivity index (χ0v) is 14.3. The molecule has 2 N–H and O–H groups in total. The van der Waals surface area contributed by atoms with Crippen molar-refractivity contribution in [3.8, 4) is 0 Å². The average Bonchev–Trinajstić information content (AvgIpc) is 2.24. The van der Waals surface area contributed by atoms with Crippen molar-refractivity contribution in [2.45, 2.75) is 52.6 Å². The molecule has 1 aromatic rings. The average molecular weight is 310 g/mol. The van der Waals surface area contributed by atoms with Gasteiger partial charge in [-0.3, -0.25) is 10.1 Å². The molecule has 0 aliphatic carbocycles. The number of amides is 1. The summed E-state index contributed by atoms with van der Waals surface area (Å²) < 4.78 is 0. The zero-order valence-electron chi connectivity index (χ0n) is 13.5. The lowest BCUT2D eigenvalue weighted by molar-refractivity contribution is 0.0975. The minimum atomic E-state index is -0.291. The highest BCUT2D eigenvalue weighted by Gasteiger charge is 2.18. The van der Waals surface area contributed by atoms with Crippen LogP contribution in [0.15, 0.2) is 29.3 Å². The molecule has 0 atom stereocenters. The first-order valence-corrected chi connectivity index (χ1v) is 7.29. The number of aliphatic imine (C=N–C) groups is 1. The van der Waals surface area contributed by atoms with Crippen LogP contribution >= 0.6 is 11.6 Å². The molecule has 5 heteroatoms. The first-order chi connectivity index (χ1) is 9.46. The molecule has 0 bridgehead atoms. The minimum absolute atomic E-state index is 0.197. The third-order valence-electron chi connectivity index (χ3n) is 2.28. The van der Waals surface area contributed by atoms with Gasteiger partial charge >= 0.3 is 0 Å². The first-order valence-electron chi connectivity index (χ1n) is 6.91. The van der Waals surface area contributed by atoms with E-state index < -0.39 is 0 Å². The van der Waals surface area contributed by atoms with E-state index in [1.807, 2.05) is 41.5 Å². The smallest absolute Gasteiger partial charge is 0.257 e. The molecule has 0 fully saturated rings. The van der Waals surface area contributed by atoms with Crippen LogP contribution in [-0.4, -0.2) is 22.9 Å². The van der Waals surface area contributed by atoms with Gasteiger partial charge in [0.05, 0.1) is 5.54 Å². The SMILES string of the molecule is CC(C)(C)N=C(NC(=O)c1ccc(Cl)cc1)NC(C)(C)C. The number of nitrogens with zero attached hydrogens (tertiary/aromatic N) is 1. The third kappa shape index (κ3) is 7.14. The summed E-state index contributed by atoms with van der Waals surface area (Å²) in [5, 5.41) is 6.64. The summed E-state index contributed by atoms with van der Waals surface area (Å²) in [5.41, 5.74) is 0.0507. The first kappa shape index (κ1) is 17.5. The molecular weight excluding hydrogens is 286 g/mol. The Morgan fingerprint density at radius 1 is 1.05 bits per heavy atom. The molecule has 1 amide bonds. The van der Waals surface area contributed by atoms with Crippen LogP contribution in [0.25, 0.3) is 0 Å². The molecule has 21 heavy (non-hydrogen) atoms. The number of hydrogen-bond donors (Lipinski definition) is 2. The van der Waals surface area contributed by atoms with Gasteiger partial charge < -0.3 is 5.32 Å². The van der Waals surface area contributed by atoms with E-state index >= 15 is 0 Å². The molecule has 4 nitrogen and oxygen atoms in total. The zero-order chi connectivity index (χ0) is 16.3. The number of rotatable bonds is 1. The standard InChI is InChI=1S/C16H24ClN3O/c1-15(2,3)19-14(20-16(4,5)6)18-13(21)11-7-9-12(17)10-8-11/h7-10H,1-6H3,(H2,18,19,20,21). The Morgan fingerprint density at radius 2 is 1.57 bits per heavy atom.